The smallest absolute Gasteiger partial charge is 0.306 e. The van der Waals surface area contributed by atoms with Crippen LogP contribution in [-0.2, 0) is 23.9 Å². The molecule has 0 spiro atoms. The number of carbonyl (C=O) groups is 4. The highest BCUT2D eigenvalue weighted by molar-refractivity contribution is 5.92. The normalized spacial score (nSPS) is 13.0. The second kappa shape index (κ2) is 14.1. The van der Waals surface area contributed by atoms with Gasteiger partial charge in [-0.05, 0) is 19.3 Å². The Kier molecular flexibility index (Phi) is 13.1. The number of hydrogen-bond donors (Lipinski definition) is 3. The molecule has 0 aliphatic carbocycles. The van der Waals surface area contributed by atoms with Crippen molar-refractivity contribution < 1.29 is 23.9 Å². The lowest BCUT2D eigenvalue weighted by Gasteiger charge is -2.19. The zero-order valence-corrected chi connectivity index (χ0v) is 17.0. The summed E-state index contributed by atoms with van der Waals surface area (Å²) in [5, 5.41) is 4.96. The van der Waals surface area contributed by atoms with Gasteiger partial charge < -0.3 is 21.1 Å². The molecule has 0 saturated heterocycles. The highest BCUT2D eigenvalue weighted by Gasteiger charge is 2.22. The van der Waals surface area contributed by atoms with Gasteiger partial charge in [-0.3, -0.25) is 19.2 Å². The van der Waals surface area contributed by atoms with Crippen molar-refractivity contribution in [2.75, 3.05) is 13.2 Å². The summed E-state index contributed by atoms with van der Waals surface area (Å²) in [7, 11) is 0. The zero-order chi connectivity index (χ0) is 20.8. The van der Waals surface area contributed by atoms with Gasteiger partial charge in [-0.1, -0.05) is 40.0 Å². The van der Waals surface area contributed by atoms with Crippen molar-refractivity contribution in [2.45, 2.75) is 78.3 Å². The van der Waals surface area contributed by atoms with E-state index in [1.807, 2.05) is 13.8 Å². The second-order valence-electron chi connectivity index (χ2n) is 7.04. The number of nitrogens with one attached hydrogen (secondary N) is 2. The van der Waals surface area contributed by atoms with Crippen LogP contribution in [0.3, 0.4) is 0 Å². The molecule has 0 aliphatic heterocycles. The number of unbranched alkanes of at least 4 members (excludes halogenated alkanes) is 3. The average Bonchev–Trinajstić information content (AvgIpc) is 2.63. The van der Waals surface area contributed by atoms with Crippen LogP contribution in [0.25, 0.3) is 0 Å². The van der Waals surface area contributed by atoms with Crippen LogP contribution in [0, 0.1) is 5.92 Å². The summed E-state index contributed by atoms with van der Waals surface area (Å²) in [6, 6.07) is -1.50. The van der Waals surface area contributed by atoms with Gasteiger partial charge in [-0.15, -0.1) is 0 Å². The van der Waals surface area contributed by atoms with Gasteiger partial charge in [0.05, 0.1) is 25.6 Å². The summed E-state index contributed by atoms with van der Waals surface area (Å²) in [6.45, 7) is 7.42. The van der Waals surface area contributed by atoms with Crippen molar-refractivity contribution in [3.8, 4) is 0 Å². The Hall–Kier alpha value is -1.96. The molecule has 0 bridgehead atoms. The molecule has 0 aromatic heterocycles. The van der Waals surface area contributed by atoms with Crippen molar-refractivity contribution in [3.05, 3.63) is 0 Å². The predicted molar refractivity (Wildman–Crippen MR) is 103 cm³/mol. The maximum Gasteiger partial charge on any atom is 0.306 e. The van der Waals surface area contributed by atoms with E-state index in [9.17, 15) is 19.2 Å². The molecule has 8 heteroatoms. The van der Waals surface area contributed by atoms with Gasteiger partial charge in [0.2, 0.25) is 11.8 Å². The van der Waals surface area contributed by atoms with E-state index >= 15 is 0 Å². The predicted octanol–water partition coefficient (Wildman–Crippen LogP) is 1.06. The van der Waals surface area contributed by atoms with Crippen LogP contribution in [0.15, 0.2) is 0 Å². The molecule has 27 heavy (non-hydrogen) atoms. The monoisotopic (exact) mass is 385 g/mol. The molecule has 2 atom stereocenters. The summed E-state index contributed by atoms with van der Waals surface area (Å²) in [6.07, 6.45) is 4.07. The Labute approximate surface area is 162 Å². The molecule has 0 aliphatic rings. The fourth-order valence-corrected chi connectivity index (χ4v) is 2.13. The summed E-state index contributed by atoms with van der Waals surface area (Å²) in [5.74, 6) is -1.63. The Bertz CT molecular complexity index is 494. The van der Waals surface area contributed by atoms with Crippen LogP contribution in [0.1, 0.15) is 66.2 Å². The van der Waals surface area contributed by atoms with Gasteiger partial charge in [0, 0.05) is 6.42 Å². The lowest BCUT2D eigenvalue weighted by molar-refractivity contribution is -0.144. The van der Waals surface area contributed by atoms with Crippen molar-refractivity contribution >= 4 is 23.6 Å². The lowest BCUT2D eigenvalue weighted by atomic mass is 10.0. The Morgan fingerprint density at radius 3 is 2.22 bits per heavy atom. The van der Waals surface area contributed by atoms with E-state index in [0.717, 1.165) is 25.7 Å². The van der Waals surface area contributed by atoms with E-state index in [-0.39, 0.29) is 31.1 Å². The average molecular weight is 386 g/mol. The Morgan fingerprint density at radius 1 is 0.963 bits per heavy atom. The number of esters is 1. The van der Waals surface area contributed by atoms with E-state index in [1.54, 1.807) is 0 Å². The highest BCUT2D eigenvalue weighted by Crippen LogP contribution is 2.01. The number of ketones is 1. The molecule has 0 aromatic carbocycles. The van der Waals surface area contributed by atoms with Crippen LogP contribution in [0.4, 0.5) is 0 Å². The molecular weight excluding hydrogens is 350 g/mol. The third kappa shape index (κ3) is 12.1. The first kappa shape index (κ1) is 25.0. The largest absolute Gasteiger partial charge is 0.466 e. The van der Waals surface area contributed by atoms with Gasteiger partial charge in [-0.25, -0.2) is 0 Å². The summed E-state index contributed by atoms with van der Waals surface area (Å²) in [4.78, 5) is 47.1. The van der Waals surface area contributed by atoms with E-state index in [0.29, 0.717) is 6.61 Å². The number of carbonyl (C=O) groups excluding carboxylic acids is 4. The molecule has 0 aromatic rings. The van der Waals surface area contributed by atoms with E-state index < -0.39 is 29.9 Å². The van der Waals surface area contributed by atoms with E-state index in [1.165, 1.54) is 6.92 Å². The molecule has 0 saturated carbocycles. The van der Waals surface area contributed by atoms with Crippen LogP contribution in [-0.4, -0.2) is 48.8 Å². The minimum absolute atomic E-state index is 0.00197. The molecular formula is C19H35N3O5. The van der Waals surface area contributed by atoms with Gasteiger partial charge in [0.15, 0.2) is 5.78 Å². The SMILES string of the molecule is CCCCCCOC(=O)CCC(=O)CNC(=O)[C@H](C)NC(=O)[C@@H](N)C(C)C. The third-order valence-corrected chi connectivity index (χ3v) is 4.10. The van der Waals surface area contributed by atoms with Crippen molar-refractivity contribution in [1.29, 1.82) is 0 Å². The Morgan fingerprint density at radius 2 is 1.63 bits per heavy atom. The summed E-state index contributed by atoms with van der Waals surface area (Å²) >= 11 is 0. The van der Waals surface area contributed by atoms with Crippen molar-refractivity contribution in [3.63, 3.8) is 0 Å². The maximum absolute atomic E-state index is 11.9. The minimum Gasteiger partial charge on any atom is -0.466 e. The molecule has 0 radical (unpaired) electrons. The molecule has 4 N–H and O–H groups in total. The summed E-state index contributed by atoms with van der Waals surface area (Å²) in [5.41, 5.74) is 5.72. The molecule has 0 fully saturated rings. The van der Waals surface area contributed by atoms with Gasteiger partial charge in [-0.2, -0.15) is 0 Å². The maximum atomic E-state index is 11.9. The minimum atomic E-state index is -0.803. The second-order valence-corrected chi connectivity index (χ2v) is 7.04. The molecule has 2 amide bonds. The van der Waals surface area contributed by atoms with Crippen LogP contribution in [0.5, 0.6) is 0 Å². The number of Topliss-reactive ketones (excluding diaryl/α,β-unsaturated/α-hetero) is 1. The van der Waals surface area contributed by atoms with Crippen LogP contribution >= 0.6 is 0 Å². The van der Waals surface area contributed by atoms with E-state index in [4.69, 9.17) is 10.5 Å². The molecule has 0 unspecified atom stereocenters. The van der Waals surface area contributed by atoms with Crippen LogP contribution in [0.2, 0.25) is 0 Å². The van der Waals surface area contributed by atoms with Gasteiger partial charge in [0.1, 0.15) is 6.04 Å². The number of amides is 2. The lowest BCUT2D eigenvalue weighted by Crippen LogP contribution is -2.52. The summed E-state index contributed by atoms with van der Waals surface area (Å²) < 4.78 is 5.05. The van der Waals surface area contributed by atoms with Gasteiger partial charge in [0.25, 0.3) is 0 Å². The topological polar surface area (TPSA) is 128 Å². The first-order chi connectivity index (χ1) is 12.7. The highest BCUT2D eigenvalue weighted by atomic mass is 16.5. The van der Waals surface area contributed by atoms with Crippen molar-refractivity contribution in [2.24, 2.45) is 11.7 Å². The number of rotatable bonds is 14. The third-order valence-electron chi connectivity index (χ3n) is 4.10. The first-order valence-corrected chi connectivity index (χ1v) is 9.70. The molecule has 8 nitrogen and oxygen atoms in total. The molecule has 156 valence electrons. The number of ether oxygens (including phenoxy) is 1. The van der Waals surface area contributed by atoms with Crippen molar-refractivity contribution in [1.82, 2.24) is 10.6 Å². The fourth-order valence-electron chi connectivity index (χ4n) is 2.13. The molecule has 0 rings (SSSR count). The zero-order valence-electron chi connectivity index (χ0n) is 17.0. The first-order valence-electron chi connectivity index (χ1n) is 9.70. The molecule has 0 heterocycles. The van der Waals surface area contributed by atoms with Crippen LogP contribution < -0.4 is 16.4 Å². The van der Waals surface area contributed by atoms with E-state index in [2.05, 4.69) is 17.6 Å². The number of nitrogens with two attached hydrogens (primary N) is 1. The quantitative estimate of drug-likeness (QED) is 0.303. The Balaban J connectivity index is 3.97. The fraction of sp³-hybridized carbons (Fsp3) is 0.789. The van der Waals surface area contributed by atoms with Gasteiger partial charge >= 0.3 is 5.97 Å². The number of hydrogen-bond acceptors (Lipinski definition) is 6. The standard InChI is InChI=1S/C19H35N3O5/c1-5-6-7-8-11-27-16(24)10-9-15(23)12-21-18(25)14(4)22-19(26)17(20)13(2)3/h13-14,17H,5-12,20H2,1-4H3,(H,21,25)(H,22,26)/t14-,17-/m0/s1.